The number of carbonyl (C=O) groups excluding carboxylic acids is 1. The van der Waals surface area contributed by atoms with Crippen LogP contribution in [0.25, 0.3) is 0 Å². The molecule has 0 aliphatic carbocycles. The van der Waals surface area contributed by atoms with Gasteiger partial charge in [0.2, 0.25) is 5.91 Å². The quantitative estimate of drug-likeness (QED) is 0.713. The molecule has 0 aromatic heterocycles. The van der Waals surface area contributed by atoms with Crippen LogP contribution >= 0.6 is 12.4 Å². The molecule has 148 valence electrons. The molecule has 1 aromatic carbocycles. The maximum atomic E-state index is 12.4. The molecule has 26 heavy (non-hydrogen) atoms. The number of nitrogens with one attached hydrogen (secondary N) is 2. The van der Waals surface area contributed by atoms with Crippen LogP contribution in [-0.4, -0.2) is 50.1 Å². The van der Waals surface area contributed by atoms with Crippen molar-refractivity contribution >= 4 is 24.0 Å². The van der Waals surface area contributed by atoms with E-state index < -0.39 is 6.61 Å². The first-order valence-corrected chi connectivity index (χ1v) is 8.74. The van der Waals surface area contributed by atoms with Crippen LogP contribution in [0.15, 0.2) is 24.3 Å². The number of ether oxygens (including phenoxy) is 1. The van der Waals surface area contributed by atoms with Crippen molar-refractivity contribution in [2.45, 2.75) is 38.8 Å². The highest BCUT2D eigenvalue weighted by atomic mass is 35.5. The Balaban J connectivity index is 0.00000338. The summed E-state index contributed by atoms with van der Waals surface area (Å²) >= 11 is 0. The Morgan fingerprint density at radius 1 is 1.27 bits per heavy atom. The number of rotatable bonds is 8. The monoisotopic (exact) mass is 391 g/mol. The first-order valence-electron chi connectivity index (χ1n) is 8.74. The summed E-state index contributed by atoms with van der Waals surface area (Å²) in [6.07, 6.45) is 3.40. The summed E-state index contributed by atoms with van der Waals surface area (Å²) in [5, 5.41) is 6.01. The van der Waals surface area contributed by atoms with Gasteiger partial charge in [0.05, 0.1) is 6.04 Å². The predicted molar refractivity (Wildman–Crippen MR) is 101 cm³/mol. The van der Waals surface area contributed by atoms with Crippen LogP contribution < -0.4 is 15.4 Å². The fourth-order valence-corrected chi connectivity index (χ4v) is 3.11. The first-order chi connectivity index (χ1) is 12.0. The van der Waals surface area contributed by atoms with E-state index in [1.165, 1.54) is 18.6 Å². The molecule has 1 aliphatic rings. The zero-order valence-corrected chi connectivity index (χ0v) is 16.0. The van der Waals surface area contributed by atoms with Crippen LogP contribution in [0.1, 0.15) is 26.2 Å². The number of piperidine rings is 1. The molecule has 1 atom stereocenters. The number of hydrogen-bond donors (Lipinski definition) is 2. The van der Waals surface area contributed by atoms with E-state index >= 15 is 0 Å². The van der Waals surface area contributed by atoms with Crippen molar-refractivity contribution in [2.24, 2.45) is 5.92 Å². The Morgan fingerprint density at radius 2 is 1.88 bits per heavy atom. The van der Waals surface area contributed by atoms with E-state index in [9.17, 15) is 13.6 Å². The van der Waals surface area contributed by atoms with Gasteiger partial charge in [0, 0.05) is 5.69 Å². The van der Waals surface area contributed by atoms with Gasteiger partial charge in [-0.3, -0.25) is 9.69 Å². The lowest BCUT2D eigenvalue weighted by molar-refractivity contribution is -0.121. The Bertz CT molecular complexity index is 538. The third kappa shape index (κ3) is 7.05. The van der Waals surface area contributed by atoms with Gasteiger partial charge >= 0.3 is 6.61 Å². The molecule has 5 nitrogen and oxygen atoms in total. The summed E-state index contributed by atoms with van der Waals surface area (Å²) in [6.45, 7) is 1.93. The highest BCUT2D eigenvalue weighted by Gasteiger charge is 2.26. The molecule has 1 amide bonds. The Hall–Kier alpha value is -1.44. The lowest BCUT2D eigenvalue weighted by Crippen LogP contribution is -2.46. The lowest BCUT2D eigenvalue weighted by Gasteiger charge is -2.35. The molecule has 2 rings (SSSR count). The summed E-state index contributed by atoms with van der Waals surface area (Å²) in [6, 6.07) is 5.74. The van der Waals surface area contributed by atoms with Gasteiger partial charge in [0.25, 0.3) is 0 Å². The number of halogens is 3. The highest BCUT2D eigenvalue weighted by molar-refractivity contribution is 5.94. The Labute approximate surface area is 159 Å². The minimum Gasteiger partial charge on any atom is -0.435 e. The third-order valence-electron chi connectivity index (χ3n) is 4.73. The lowest BCUT2D eigenvalue weighted by atomic mass is 9.93. The van der Waals surface area contributed by atoms with Crippen molar-refractivity contribution in [1.82, 2.24) is 10.2 Å². The number of amides is 1. The molecule has 0 bridgehead atoms. The number of likely N-dealkylation sites (tertiary alicyclic amines) is 1. The summed E-state index contributed by atoms with van der Waals surface area (Å²) < 4.78 is 28.6. The SMILES string of the molecule is CNCCC1CCN(C(C)C(=O)Nc2ccc(OC(F)F)cc2)CC1.Cl. The number of hydrogen-bond acceptors (Lipinski definition) is 4. The minimum absolute atomic E-state index is 0. The van der Waals surface area contributed by atoms with Gasteiger partial charge in [-0.15, -0.1) is 12.4 Å². The van der Waals surface area contributed by atoms with Gasteiger partial charge in [0.15, 0.2) is 0 Å². The van der Waals surface area contributed by atoms with Crippen molar-refractivity contribution < 1.29 is 18.3 Å². The van der Waals surface area contributed by atoms with Crippen molar-refractivity contribution in [3.63, 3.8) is 0 Å². The third-order valence-corrected chi connectivity index (χ3v) is 4.73. The molecule has 1 unspecified atom stereocenters. The summed E-state index contributed by atoms with van der Waals surface area (Å²) in [5.74, 6) is 0.710. The van der Waals surface area contributed by atoms with Gasteiger partial charge in [0.1, 0.15) is 5.75 Å². The number of alkyl halides is 2. The average molecular weight is 392 g/mol. The van der Waals surface area contributed by atoms with Crippen molar-refractivity contribution in [1.29, 1.82) is 0 Å². The molecule has 0 saturated carbocycles. The first kappa shape index (κ1) is 22.6. The zero-order chi connectivity index (χ0) is 18.2. The summed E-state index contributed by atoms with van der Waals surface area (Å²) in [4.78, 5) is 14.6. The Morgan fingerprint density at radius 3 is 2.42 bits per heavy atom. The van der Waals surface area contributed by atoms with E-state index in [2.05, 4.69) is 20.3 Å². The van der Waals surface area contributed by atoms with E-state index in [1.807, 2.05) is 14.0 Å². The molecule has 8 heteroatoms. The van der Waals surface area contributed by atoms with Crippen molar-refractivity contribution in [2.75, 3.05) is 32.0 Å². The van der Waals surface area contributed by atoms with E-state index in [0.717, 1.165) is 38.4 Å². The summed E-state index contributed by atoms with van der Waals surface area (Å²) in [7, 11) is 1.97. The molecule has 1 aromatic rings. The van der Waals surface area contributed by atoms with E-state index in [0.29, 0.717) is 5.69 Å². The number of benzene rings is 1. The number of nitrogens with zero attached hydrogens (tertiary/aromatic N) is 1. The number of anilines is 1. The molecule has 1 heterocycles. The summed E-state index contributed by atoms with van der Waals surface area (Å²) in [5.41, 5.74) is 0.572. The van der Waals surface area contributed by atoms with Gasteiger partial charge in [-0.1, -0.05) is 0 Å². The minimum atomic E-state index is -2.85. The van der Waals surface area contributed by atoms with Crippen LogP contribution in [0, 0.1) is 5.92 Å². The van der Waals surface area contributed by atoms with Gasteiger partial charge < -0.3 is 15.4 Å². The normalized spacial score (nSPS) is 16.8. The van der Waals surface area contributed by atoms with E-state index in [1.54, 1.807) is 12.1 Å². The van der Waals surface area contributed by atoms with Crippen molar-refractivity contribution in [3.05, 3.63) is 24.3 Å². The molecular formula is C18H28ClF2N3O2. The molecule has 2 N–H and O–H groups in total. The molecular weight excluding hydrogens is 364 g/mol. The van der Waals surface area contributed by atoms with Crippen LogP contribution in [0.5, 0.6) is 5.75 Å². The van der Waals surface area contributed by atoms with Gasteiger partial charge in [-0.05, 0) is 83.1 Å². The second-order valence-corrected chi connectivity index (χ2v) is 6.44. The number of carbonyl (C=O) groups is 1. The maximum Gasteiger partial charge on any atom is 0.387 e. The maximum absolute atomic E-state index is 12.4. The molecule has 1 aliphatic heterocycles. The standard InChI is InChI=1S/C18H27F2N3O2.ClH/c1-13(23-11-8-14(9-12-23)7-10-21-2)17(24)22-15-3-5-16(6-4-15)25-18(19)20;/h3-6,13-14,18,21H,7-12H2,1-2H3,(H,22,24);1H. The highest BCUT2D eigenvalue weighted by Crippen LogP contribution is 2.22. The van der Waals surface area contributed by atoms with Gasteiger partial charge in [-0.2, -0.15) is 8.78 Å². The predicted octanol–water partition coefficient (Wildman–Crippen LogP) is 3.36. The van der Waals surface area contributed by atoms with Crippen LogP contribution in [-0.2, 0) is 4.79 Å². The van der Waals surface area contributed by atoms with Gasteiger partial charge in [-0.25, -0.2) is 0 Å². The van der Waals surface area contributed by atoms with Crippen LogP contribution in [0.4, 0.5) is 14.5 Å². The molecule has 1 fully saturated rings. The second-order valence-electron chi connectivity index (χ2n) is 6.44. The zero-order valence-electron chi connectivity index (χ0n) is 15.2. The fraction of sp³-hybridized carbons (Fsp3) is 0.611. The van der Waals surface area contributed by atoms with E-state index in [-0.39, 0.29) is 30.1 Å². The molecule has 1 saturated heterocycles. The van der Waals surface area contributed by atoms with E-state index in [4.69, 9.17) is 0 Å². The fourth-order valence-electron chi connectivity index (χ4n) is 3.11. The molecule has 0 radical (unpaired) electrons. The average Bonchev–Trinajstić information content (AvgIpc) is 2.61. The topological polar surface area (TPSA) is 53.6 Å². The Kier molecular flexibility index (Phi) is 9.83. The van der Waals surface area contributed by atoms with Crippen molar-refractivity contribution in [3.8, 4) is 5.75 Å². The largest absolute Gasteiger partial charge is 0.435 e. The molecule has 0 spiro atoms. The second kappa shape index (κ2) is 11.3. The smallest absolute Gasteiger partial charge is 0.387 e. The van der Waals surface area contributed by atoms with Crippen LogP contribution in [0.3, 0.4) is 0 Å². The van der Waals surface area contributed by atoms with Crippen LogP contribution in [0.2, 0.25) is 0 Å².